The van der Waals surface area contributed by atoms with Crippen LogP contribution in [0.5, 0.6) is 0 Å². The SMILES string of the molecule is C[C@@H]1CN(C(=O)c2cn(C)nc2NC(=O)OCC2c3ccccc3-c3ccccc32)C[C@H]1C(=O)O. The lowest BCUT2D eigenvalue weighted by Crippen LogP contribution is -2.30. The minimum atomic E-state index is -0.920. The van der Waals surface area contributed by atoms with Crippen LogP contribution >= 0.6 is 0 Å². The molecular weight excluding hydrogens is 448 g/mol. The van der Waals surface area contributed by atoms with Crippen LogP contribution in [0.1, 0.15) is 34.3 Å². The van der Waals surface area contributed by atoms with Crippen molar-refractivity contribution >= 4 is 23.8 Å². The molecule has 1 saturated heterocycles. The molecule has 2 heterocycles. The number of carboxylic acid groups (broad SMARTS) is 1. The van der Waals surface area contributed by atoms with E-state index < -0.39 is 18.0 Å². The number of ether oxygens (including phenoxy) is 1. The Morgan fingerprint density at radius 3 is 2.29 bits per heavy atom. The van der Waals surface area contributed by atoms with E-state index >= 15 is 0 Å². The molecule has 0 spiro atoms. The van der Waals surface area contributed by atoms with Crippen LogP contribution in [0.25, 0.3) is 11.1 Å². The van der Waals surface area contributed by atoms with Gasteiger partial charge in [0.15, 0.2) is 5.82 Å². The Hall–Kier alpha value is -4.14. The quantitative estimate of drug-likeness (QED) is 0.584. The molecule has 9 nitrogen and oxygen atoms in total. The van der Waals surface area contributed by atoms with E-state index in [0.717, 1.165) is 22.3 Å². The molecule has 5 rings (SSSR count). The summed E-state index contributed by atoms with van der Waals surface area (Å²) in [4.78, 5) is 38.7. The van der Waals surface area contributed by atoms with E-state index in [9.17, 15) is 19.5 Å². The molecule has 2 amide bonds. The van der Waals surface area contributed by atoms with Crippen LogP contribution in [0.2, 0.25) is 0 Å². The van der Waals surface area contributed by atoms with Gasteiger partial charge in [-0.25, -0.2) is 4.79 Å². The number of aromatic nitrogens is 2. The average molecular weight is 475 g/mol. The molecule has 0 bridgehead atoms. The summed E-state index contributed by atoms with van der Waals surface area (Å²) in [5.41, 5.74) is 4.67. The Bertz CT molecular complexity index is 1270. The number of carboxylic acids is 1. The van der Waals surface area contributed by atoms with Crippen LogP contribution in [0.4, 0.5) is 10.6 Å². The van der Waals surface area contributed by atoms with Gasteiger partial charge in [-0.3, -0.25) is 19.6 Å². The molecule has 0 saturated carbocycles. The Labute approximate surface area is 202 Å². The monoisotopic (exact) mass is 474 g/mol. The van der Waals surface area contributed by atoms with Gasteiger partial charge in [0.2, 0.25) is 0 Å². The lowest BCUT2D eigenvalue weighted by molar-refractivity contribution is -0.142. The summed E-state index contributed by atoms with van der Waals surface area (Å²) in [6, 6.07) is 16.1. The van der Waals surface area contributed by atoms with Crippen LogP contribution in [0.3, 0.4) is 0 Å². The zero-order valence-electron chi connectivity index (χ0n) is 19.5. The minimum absolute atomic E-state index is 0.0844. The molecule has 1 aliphatic heterocycles. The Balaban J connectivity index is 1.28. The maximum Gasteiger partial charge on any atom is 0.412 e. The van der Waals surface area contributed by atoms with Gasteiger partial charge >= 0.3 is 12.1 Å². The van der Waals surface area contributed by atoms with E-state index in [0.29, 0.717) is 6.54 Å². The largest absolute Gasteiger partial charge is 0.481 e. The van der Waals surface area contributed by atoms with E-state index in [1.165, 1.54) is 15.8 Å². The summed E-state index contributed by atoms with van der Waals surface area (Å²) in [6.45, 7) is 2.40. The van der Waals surface area contributed by atoms with E-state index in [1.807, 2.05) is 43.3 Å². The lowest BCUT2D eigenvalue weighted by Gasteiger charge is -2.16. The maximum absolute atomic E-state index is 13.1. The third kappa shape index (κ3) is 4.14. The molecule has 2 N–H and O–H groups in total. The second-order valence-corrected chi connectivity index (χ2v) is 9.15. The predicted octanol–water partition coefficient (Wildman–Crippen LogP) is 3.57. The fourth-order valence-corrected chi connectivity index (χ4v) is 5.09. The van der Waals surface area contributed by atoms with Crippen LogP contribution in [0.15, 0.2) is 54.7 Å². The predicted molar refractivity (Wildman–Crippen MR) is 128 cm³/mol. The molecule has 1 aromatic heterocycles. The smallest absolute Gasteiger partial charge is 0.412 e. The second-order valence-electron chi connectivity index (χ2n) is 9.15. The number of likely N-dealkylation sites (tertiary alicyclic amines) is 1. The summed E-state index contributed by atoms with van der Waals surface area (Å²) in [5, 5.41) is 16.2. The minimum Gasteiger partial charge on any atom is -0.481 e. The van der Waals surface area contributed by atoms with Gasteiger partial charge in [0.05, 0.1) is 5.92 Å². The number of hydrogen-bond acceptors (Lipinski definition) is 5. The van der Waals surface area contributed by atoms with Gasteiger partial charge in [-0.05, 0) is 28.2 Å². The number of carbonyl (C=O) groups excluding carboxylic acids is 2. The fourth-order valence-electron chi connectivity index (χ4n) is 5.09. The third-order valence-electron chi connectivity index (χ3n) is 6.84. The number of amides is 2. The number of nitrogens with one attached hydrogen (secondary N) is 1. The molecule has 0 unspecified atom stereocenters. The molecule has 3 aromatic rings. The van der Waals surface area contributed by atoms with Crippen molar-refractivity contribution in [2.24, 2.45) is 18.9 Å². The topological polar surface area (TPSA) is 114 Å². The Kier molecular flexibility index (Phi) is 5.76. The average Bonchev–Trinajstić information content (AvgIpc) is 3.50. The highest BCUT2D eigenvalue weighted by atomic mass is 16.5. The van der Waals surface area contributed by atoms with Crippen LogP contribution in [0, 0.1) is 11.8 Å². The first-order chi connectivity index (χ1) is 16.8. The molecule has 0 radical (unpaired) electrons. The molecule has 9 heteroatoms. The number of aryl methyl sites for hydroxylation is 1. The van der Waals surface area contributed by atoms with Crippen molar-refractivity contribution < 1.29 is 24.2 Å². The summed E-state index contributed by atoms with van der Waals surface area (Å²) in [5.74, 6) is -2.07. The van der Waals surface area contributed by atoms with E-state index in [2.05, 4.69) is 22.5 Å². The van der Waals surface area contributed by atoms with Crippen molar-refractivity contribution in [3.05, 3.63) is 71.4 Å². The number of carbonyl (C=O) groups is 3. The molecule has 2 atom stereocenters. The number of fused-ring (bicyclic) bond motifs is 3. The highest BCUT2D eigenvalue weighted by Gasteiger charge is 2.38. The normalized spacial score (nSPS) is 18.7. The summed E-state index contributed by atoms with van der Waals surface area (Å²) >= 11 is 0. The first-order valence-electron chi connectivity index (χ1n) is 11.5. The zero-order chi connectivity index (χ0) is 24.7. The van der Waals surface area contributed by atoms with Gasteiger partial charge in [0.25, 0.3) is 5.91 Å². The van der Waals surface area contributed by atoms with Crippen LogP contribution < -0.4 is 5.32 Å². The molecule has 35 heavy (non-hydrogen) atoms. The third-order valence-corrected chi connectivity index (χ3v) is 6.84. The number of aliphatic carboxylic acids is 1. The first-order valence-corrected chi connectivity index (χ1v) is 11.5. The fraction of sp³-hybridized carbons (Fsp3) is 0.308. The van der Waals surface area contributed by atoms with Gasteiger partial charge in [0, 0.05) is 32.3 Å². The van der Waals surface area contributed by atoms with E-state index in [4.69, 9.17) is 4.74 Å². The number of rotatable bonds is 5. The van der Waals surface area contributed by atoms with Gasteiger partial charge in [-0.15, -0.1) is 0 Å². The van der Waals surface area contributed by atoms with E-state index in [-0.39, 0.29) is 42.3 Å². The van der Waals surface area contributed by atoms with Crippen LogP contribution in [-0.2, 0) is 16.6 Å². The Morgan fingerprint density at radius 2 is 1.69 bits per heavy atom. The molecule has 2 aliphatic rings. The zero-order valence-corrected chi connectivity index (χ0v) is 19.5. The van der Waals surface area contributed by atoms with Gasteiger partial charge in [-0.1, -0.05) is 55.5 Å². The summed E-state index contributed by atoms with van der Waals surface area (Å²) < 4.78 is 7.01. The van der Waals surface area contributed by atoms with Gasteiger partial charge in [0.1, 0.15) is 12.2 Å². The van der Waals surface area contributed by atoms with Gasteiger partial charge in [-0.2, -0.15) is 5.10 Å². The van der Waals surface area contributed by atoms with Crippen molar-refractivity contribution in [1.29, 1.82) is 0 Å². The second kappa shape index (κ2) is 8.90. The van der Waals surface area contributed by atoms with Crippen molar-refractivity contribution in [2.45, 2.75) is 12.8 Å². The maximum atomic E-state index is 13.1. The lowest BCUT2D eigenvalue weighted by atomic mass is 9.98. The standard InChI is InChI=1S/C26H26N4O5/c1-15-11-30(13-20(15)25(32)33)24(31)21-12-29(2)28-23(21)27-26(34)35-14-22-18-9-5-3-7-16(18)17-8-4-6-10-19(17)22/h3-10,12,15,20,22H,11,13-14H2,1-2H3,(H,32,33)(H,27,28,34)/t15-,20-/m1/s1. The molecular formula is C26H26N4O5. The molecule has 1 fully saturated rings. The number of anilines is 1. The summed E-state index contributed by atoms with van der Waals surface area (Å²) in [6.07, 6.45) is 0.804. The van der Waals surface area contributed by atoms with Crippen LogP contribution in [-0.4, -0.2) is 57.5 Å². The molecule has 1 aliphatic carbocycles. The van der Waals surface area contributed by atoms with Crippen molar-refractivity contribution in [3.8, 4) is 11.1 Å². The van der Waals surface area contributed by atoms with Crippen molar-refractivity contribution in [3.63, 3.8) is 0 Å². The number of hydrogen-bond donors (Lipinski definition) is 2. The van der Waals surface area contributed by atoms with Crippen molar-refractivity contribution in [2.75, 3.05) is 25.0 Å². The first kappa shape index (κ1) is 22.6. The molecule has 2 aromatic carbocycles. The van der Waals surface area contributed by atoms with E-state index in [1.54, 1.807) is 7.05 Å². The number of benzene rings is 2. The Morgan fingerprint density at radius 1 is 1.06 bits per heavy atom. The molecule has 180 valence electrons. The highest BCUT2D eigenvalue weighted by molar-refractivity contribution is 6.01. The van der Waals surface area contributed by atoms with Gasteiger partial charge < -0.3 is 14.7 Å². The number of nitrogens with zero attached hydrogens (tertiary/aromatic N) is 3. The highest BCUT2D eigenvalue weighted by Crippen LogP contribution is 2.44. The van der Waals surface area contributed by atoms with Crippen molar-refractivity contribution in [1.82, 2.24) is 14.7 Å². The summed E-state index contributed by atoms with van der Waals surface area (Å²) in [7, 11) is 1.65.